The van der Waals surface area contributed by atoms with Crippen molar-refractivity contribution in [2.75, 3.05) is 10.3 Å². The number of hydrazine groups is 1. The van der Waals surface area contributed by atoms with Crippen LogP contribution in [0.15, 0.2) is 206 Å². The highest BCUT2D eigenvalue weighted by atomic mass is 15.4. The normalized spacial score (nSPS) is 17.1. The lowest BCUT2D eigenvalue weighted by molar-refractivity contribution is 0.663. The molecule has 264 valence electrons. The maximum atomic E-state index is 9.38. The molecule has 2 unspecified atom stereocenters. The predicted molar refractivity (Wildman–Crippen MR) is 226 cm³/mol. The fourth-order valence-corrected chi connectivity index (χ4v) is 8.75. The number of nitrogens with zero attached hydrogens (tertiary/aromatic N) is 2. The van der Waals surface area contributed by atoms with E-state index in [1.165, 1.54) is 50.3 Å². The number of hydrogen-bond donors (Lipinski definition) is 2. The molecule has 2 atom stereocenters. The van der Waals surface area contributed by atoms with Crippen LogP contribution in [0.3, 0.4) is 0 Å². The minimum absolute atomic E-state index is 0.123. The van der Waals surface area contributed by atoms with Crippen LogP contribution in [-0.4, -0.2) is 0 Å². The van der Waals surface area contributed by atoms with Crippen molar-refractivity contribution in [2.45, 2.75) is 24.3 Å². The number of fused-ring (bicyclic) bond motifs is 8. The molecule has 0 radical (unpaired) electrons. The summed E-state index contributed by atoms with van der Waals surface area (Å²) in [5, 5.41) is 9.38. The lowest BCUT2D eigenvalue weighted by Crippen LogP contribution is -2.39. The summed E-state index contributed by atoms with van der Waals surface area (Å²) in [6.07, 6.45) is 16.7. The van der Waals surface area contributed by atoms with Crippen molar-refractivity contribution in [3.05, 3.63) is 239 Å². The van der Waals surface area contributed by atoms with E-state index in [0.717, 1.165) is 35.2 Å². The first-order chi connectivity index (χ1) is 27.2. The zero-order chi connectivity index (χ0) is 37.2. The van der Waals surface area contributed by atoms with E-state index in [1.807, 2.05) is 42.5 Å². The topological polar surface area (TPSA) is 51.1 Å². The summed E-state index contributed by atoms with van der Waals surface area (Å²) in [7, 11) is 0. The summed E-state index contributed by atoms with van der Waals surface area (Å²) < 4.78 is 0. The van der Waals surface area contributed by atoms with Gasteiger partial charge in [-0.05, 0) is 117 Å². The first kappa shape index (κ1) is 33.9. The first-order valence-electron chi connectivity index (χ1n) is 18.9. The summed E-state index contributed by atoms with van der Waals surface area (Å²) in [6.45, 7) is 3.85. The van der Waals surface area contributed by atoms with Crippen LogP contribution in [-0.2, 0) is 5.41 Å². The molecule has 1 heterocycles. The van der Waals surface area contributed by atoms with Gasteiger partial charge in [-0.25, -0.2) is 5.43 Å². The van der Waals surface area contributed by atoms with E-state index in [9.17, 15) is 5.26 Å². The second-order valence-electron chi connectivity index (χ2n) is 14.1. The molecule has 6 aromatic carbocycles. The van der Waals surface area contributed by atoms with E-state index < -0.39 is 5.41 Å². The molecule has 0 saturated heterocycles. The summed E-state index contributed by atoms with van der Waals surface area (Å²) in [5.74, 6) is 0. The second-order valence-corrected chi connectivity index (χ2v) is 14.1. The van der Waals surface area contributed by atoms with Gasteiger partial charge in [0, 0.05) is 17.6 Å². The largest absolute Gasteiger partial charge is 0.321 e. The Hall–Kier alpha value is -6.93. The Labute approximate surface area is 323 Å². The minimum Gasteiger partial charge on any atom is -0.321 e. The van der Waals surface area contributed by atoms with E-state index in [4.69, 9.17) is 0 Å². The molecule has 1 aliphatic heterocycles. The highest BCUT2D eigenvalue weighted by molar-refractivity contribution is 5.92. The summed E-state index contributed by atoms with van der Waals surface area (Å²) in [6, 6.07) is 53.9. The number of rotatable bonds is 9. The Morgan fingerprint density at radius 3 is 2.27 bits per heavy atom. The molecule has 55 heavy (non-hydrogen) atoms. The van der Waals surface area contributed by atoms with Crippen molar-refractivity contribution < 1.29 is 0 Å². The Balaban J connectivity index is 1.13. The van der Waals surface area contributed by atoms with Gasteiger partial charge in [-0.1, -0.05) is 140 Å². The molecule has 1 spiro atoms. The SMILES string of the molecule is C=C/C=C\C=C/N1C2=C(CCC=C2)C2(c3ccccc3-c3ccc(-c4cccc(NNC(c5ccccc5)c5ccc(C#N)cc5)c4)cc32)c2ccccc21. The van der Waals surface area contributed by atoms with E-state index in [-0.39, 0.29) is 6.04 Å². The zero-order valence-electron chi connectivity index (χ0n) is 30.5. The van der Waals surface area contributed by atoms with Crippen molar-refractivity contribution in [2.24, 2.45) is 0 Å². The molecule has 4 nitrogen and oxygen atoms in total. The lowest BCUT2D eigenvalue weighted by atomic mass is 9.62. The summed E-state index contributed by atoms with van der Waals surface area (Å²) in [5.41, 5.74) is 23.2. The number of nitrogens with one attached hydrogen (secondary N) is 2. The van der Waals surface area contributed by atoms with Gasteiger partial charge < -0.3 is 10.3 Å². The number of anilines is 2. The van der Waals surface area contributed by atoms with E-state index in [0.29, 0.717) is 5.56 Å². The van der Waals surface area contributed by atoms with Gasteiger partial charge in [0.15, 0.2) is 0 Å². The molecule has 0 aromatic heterocycles. The summed E-state index contributed by atoms with van der Waals surface area (Å²) >= 11 is 0. The highest BCUT2D eigenvalue weighted by Gasteiger charge is 2.52. The third-order valence-corrected chi connectivity index (χ3v) is 11.1. The maximum Gasteiger partial charge on any atom is 0.0991 e. The molecule has 2 aliphatic carbocycles. The molecule has 0 saturated carbocycles. The zero-order valence-corrected chi connectivity index (χ0v) is 30.5. The average molecular weight is 709 g/mol. The maximum absolute atomic E-state index is 9.38. The van der Waals surface area contributed by atoms with Gasteiger partial charge in [0.2, 0.25) is 0 Å². The smallest absolute Gasteiger partial charge is 0.0991 e. The Morgan fingerprint density at radius 2 is 1.44 bits per heavy atom. The lowest BCUT2D eigenvalue weighted by Gasteiger charge is -2.46. The van der Waals surface area contributed by atoms with Crippen LogP contribution in [0.5, 0.6) is 0 Å². The molecule has 0 amide bonds. The van der Waals surface area contributed by atoms with Crippen LogP contribution < -0.4 is 15.8 Å². The third kappa shape index (κ3) is 5.83. The number of nitriles is 1. The monoisotopic (exact) mass is 708 g/mol. The molecule has 3 aliphatic rings. The molecule has 0 bridgehead atoms. The van der Waals surface area contributed by atoms with Crippen molar-refractivity contribution in [1.29, 1.82) is 5.26 Å². The molecule has 4 heteroatoms. The number of para-hydroxylation sites is 1. The van der Waals surface area contributed by atoms with Crippen LogP contribution in [0, 0.1) is 11.3 Å². The van der Waals surface area contributed by atoms with Crippen molar-refractivity contribution in [3.63, 3.8) is 0 Å². The average Bonchev–Trinajstić information content (AvgIpc) is 3.54. The second kappa shape index (κ2) is 14.5. The van der Waals surface area contributed by atoms with E-state index in [2.05, 4.69) is 168 Å². The molecule has 6 aromatic rings. The van der Waals surface area contributed by atoms with Gasteiger partial charge in [0.05, 0.1) is 28.8 Å². The predicted octanol–water partition coefficient (Wildman–Crippen LogP) is 11.9. The Bertz CT molecular complexity index is 2580. The number of benzene rings is 6. The summed E-state index contributed by atoms with van der Waals surface area (Å²) in [4.78, 5) is 2.37. The molecular weight excluding hydrogens is 669 g/mol. The fraction of sp³-hybridized carbons (Fsp3) is 0.0784. The van der Waals surface area contributed by atoms with Gasteiger partial charge in [-0.2, -0.15) is 5.26 Å². The van der Waals surface area contributed by atoms with Gasteiger partial charge in [0.1, 0.15) is 0 Å². The third-order valence-electron chi connectivity index (χ3n) is 11.1. The van der Waals surface area contributed by atoms with E-state index >= 15 is 0 Å². The Kier molecular flexibility index (Phi) is 8.92. The van der Waals surface area contributed by atoms with Gasteiger partial charge in [-0.3, -0.25) is 0 Å². The van der Waals surface area contributed by atoms with Crippen LogP contribution in [0.1, 0.15) is 52.3 Å². The first-order valence-corrected chi connectivity index (χ1v) is 18.9. The van der Waals surface area contributed by atoms with Crippen LogP contribution >= 0.6 is 0 Å². The van der Waals surface area contributed by atoms with Crippen LogP contribution in [0.4, 0.5) is 11.4 Å². The van der Waals surface area contributed by atoms with E-state index in [1.54, 1.807) is 6.08 Å². The van der Waals surface area contributed by atoms with Crippen LogP contribution in [0.2, 0.25) is 0 Å². The molecule has 0 fully saturated rings. The highest BCUT2D eigenvalue weighted by Crippen LogP contribution is 2.62. The molecular formula is C51H40N4. The Morgan fingerprint density at radius 1 is 0.691 bits per heavy atom. The van der Waals surface area contributed by atoms with Gasteiger partial charge >= 0.3 is 0 Å². The molecule has 2 N–H and O–H groups in total. The number of allylic oxidation sites excluding steroid dienone is 7. The van der Waals surface area contributed by atoms with Crippen LogP contribution in [0.25, 0.3) is 22.3 Å². The van der Waals surface area contributed by atoms with Gasteiger partial charge in [-0.15, -0.1) is 0 Å². The standard InChI is InChI=1S/C51H40N4/c1-2-3-4-14-32-55-48-24-12-10-22-45(48)51(46-23-11-13-25-49(46)55)44-21-9-8-20-42(44)43-31-30-40(34-47(43)51)39-18-15-19-41(33-39)53-54-50(37-16-6-5-7-17-37)38-28-26-36(35-52)27-29-38/h2-10,12-22,24-34,50,53-54H,1,11,23H2/b4-3-,32-14-. The number of hydrogen-bond acceptors (Lipinski definition) is 4. The quantitative estimate of drug-likeness (QED) is 0.116. The van der Waals surface area contributed by atoms with Gasteiger partial charge in [0.25, 0.3) is 0 Å². The fourth-order valence-electron chi connectivity index (χ4n) is 8.75. The van der Waals surface area contributed by atoms with Crippen molar-refractivity contribution in [1.82, 2.24) is 5.43 Å². The van der Waals surface area contributed by atoms with Crippen molar-refractivity contribution >= 4 is 11.4 Å². The minimum atomic E-state index is -0.429. The molecule has 9 rings (SSSR count). The van der Waals surface area contributed by atoms with Crippen molar-refractivity contribution in [3.8, 4) is 28.3 Å².